The number of rotatable bonds is 5. The number of hydrogen-bond acceptors (Lipinski definition) is 2. The zero-order valence-corrected chi connectivity index (χ0v) is 12.0. The molecule has 0 saturated carbocycles. The van der Waals surface area contributed by atoms with Gasteiger partial charge in [0.2, 0.25) is 0 Å². The Labute approximate surface area is 115 Å². The van der Waals surface area contributed by atoms with Crippen LogP contribution in [0.2, 0.25) is 0 Å². The van der Waals surface area contributed by atoms with Crippen LogP contribution in [-0.4, -0.2) is 11.1 Å². The second-order valence-electron chi connectivity index (χ2n) is 5.42. The lowest BCUT2D eigenvalue weighted by Crippen LogP contribution is -2.32. The molecule has 19 heavy (non-hydrogen) atoms. The van der Waals surface area contributed by atoms with E-state index in [1.807, 2.05) is 18.2 Å². The molecule has 0 aliphatic heterocycles. The highest BCUT2D eigenvalue weighted by Crippen LogP contribution is 2.27. The Morgan fingerprint density at radius 2 is 1.84 bits per heavy atom. The van der Waals surface area contributed by atoms with Gasteiger partial charge in [0.05, 0.1) is 0 Å². The maximum absolute atomic E-state index is 10.1. The molecule has 1 atom stereocenters. The average molecular weight is 257 g/mol. The molecule has 0 aliphatic carbocycles. The molecule has 2 N–H and O–H groups in total. The van der Waals surface area contributed by atoms with E-state index in [0.717, 1.165) is 17.4 Å². The van der Waals surface area contributed by atoms with Crippen molar-refractivity contribution >= 4 is 10.8 Å². The first-order chi connectivity index (χ1) is 9.13. The lowest BCUT2D eigenvalue weighted by molar-refractivity contribution is 0.383. The monoisotopic (exact) mass is 257 g/mol. The third-order valence-corrected chi connectivity index (χ3v) is 3.80. The molecule has 2 heteroatoms. The third kappa shape index (κ3) is 3.07. The van der Waals surface area contributed by atoms with E-state index in [1.54, 1.807) is 6.07 Å². The molecule has 0 saturated heterocycles. The number of benzene rings is 2. The van der Waals surface area contributed by atoms with E-state index in [2.05, 4.69) is 38.2 Å². The molecule has 2 aromatic carbocycles. The summed E-state index contributed by atoms with van der Waals surface area (Å²) in [6, 6.07) is 12.4. The Bertz CT molecular complexity index is 548. The minimum Gasteiger partial charge on any atom is -0.508 e. The molecule has 1 unspecified atom stereocenters. The molecule has 2 rings (SSSR count). The second-order valence-corrected chi connectivity index (χ2v) is 5.42. The van der Waals surface area contributed by atoms with Crippen LogP contribution in [0, 0.1) is 5.92 Å². The summed E-state index contributed by atoms with van der Waals surface area (Å²) in [7, 11) is 0. The highest BCUT2D eigenvalue weighted by Gasteiger charge is 2.12. The van der Waals surface area contributed by atoms with Crippen LogP contribution in [0.1, 0.15) is 32.8 Å². The first-order valence-electron chi connectivity index (χ1n) is 7.06. The number of hydrogen-bond donors (Lipinski definition) is 2. The third-order valence-electron chi connectivity index (χ3n) is 3.80. The molecule has 2 aromatic rings. The van der Waals surface area contributed by atoms with Crippen LogP contribution in [0.3, 0.4) is 0 Å². The Hall–Kier alpha value is -1.54. The van der Waals surface area contributed by atoms with E-state index in [4.69, 9.17) is 0 Å². The first kappa shape index (κ1) is 13.9. The molecule has 0 spiro atoms. The van der Waals surface area contributed by atoms with Crippen molar-refractivity contribution in [1.29, 1.82) is 0 Å². The Morgan fingerprint density at radius 3 is 2.53 bits per heavy atom. The highest BCUT2D eigenvalue weighted by atomic mass is 16.3. The van der Waals surface area contributed by atoms with Crippen molar-refractivity contribution in [3.05, 3.63) is 42.0 Å². The molecular formula is C17H23NO. The standard InChI is InChI=1S/C17H23NO/c1-4-16(12(2)3)18-11-15-14-8-6-5-7-13(14)9-10-17(15)19/h5-10,12,16,18-19H,4,11H2,1-3H3. The van der Waals surface area contributed by atoms with Crippen molar-refractivity contribution in [2.45, 2.75) is 39.8 Å². The molecule has 0 aromatic heterocycles. The fourth-order valence-corrected chi connectivity index (χ4v) is 2.59. The van der Waals surface area contributed by atoms with Crippen LogP contribution in [-0.2, 0) is 6.54 Å². The van der Waals surface area contributed by atoms with E-state index in [9.17, 15) is 5.11 Å². The molecular weight excluding hydrogens is 234 g/mol. The zero-order chi connectivity index (χ0) is 13.8. The van der Waals surface area contributed by atoms with Crippen LogP contribution >= 0.6 is 0 Å². The molecule has 0 bridgehead atoms. The molecule has 2 nitrogen and oxygen atoms in total. The van der Waals surface area contributed by atoms with Crippen LogP contribution in [0.15, 0.2) is 36.4 Å². The largest absolute Gasteiger partial charge is 0.508 e. The number of phenolic OH excluding ortho intramolecular Hbond substituents is 1. The molecule has 0 radical (unpaired) electrons. The second kappa shape index (κ2) is 6.07. The summed E-state index contributed by atoms with van der Waals surface area (Å²) in [6.07, 6.45) is 1.10. The zero-order valence-electron chi connectivity index (χ0n) is 12.0. The summed E-state index contributed by atoms with van der Waals surface area (Å²) >= 11 is 0. The van der Waals surface area contributed by atoms with Crippen molar-refractivity contribution in [2.24, 2.45) is 5.92 Å². The first-order valence-corrected chi connectivity index (χ1v) is 7.06. The van der Waals surface area contributed by atoms with Gasteiger partial charge in [-0.1, -0.05) is 51.1 Å². The normalized spacial score (nSPS) is 13.1. The van der Waals surface area contributed by atoms with Gasteiger partial charge in [0.15, 0.2) is 0 Å². The van der Waals surface area contributed by atoms with Gasteiger partial charge in [-0.3, -0.25) is 0 Å². The summed E-state index contributed by atoms with van der Waals surface area (Å²) in [5.41, 5.74) is 0.997. The lowest BCUT2D eigenvalue weighted by Gasteiger charge is -2.21. The summed E-state index contributed by atoms with van der Waals surface area (Å²) in [5.74, 6) is 0.979. The summed E-state index contributed by atoms with van der Waals surface area (Å²) < 4.78 is 0. The summed E-state index contributed by atoms with van der Waals surface area (Å²) in [5, 5.41) is 16.0. The van der Waals surface area contributed by atoms with E-state index in [0.29, 0.717) is 24.3 Å². The van der Waals surface area contributed by atoms with Crippen molar-refractivity contribution < 1.29 is 5.11 Å². The van der Waals surface area contributed by atoms with E-state index in [-0.39, 0.29) is 0 Å². The van der Waals surface area contributed by atoms with Gasteiger partial charge in [-0.25, -0.2) is 0 Å². The van der Waals surface area contributed by atoms with Gasteiger partial charge in [-0.2, -0.15) is 0 Å². The molecule has 0 fully saturated rings. The van der Waals surface area contributed by atoms with Gasteiger partial charge < -0.3 is 10.4 Å². The highest BCUT2D eigenvalue weighted by molar-refractivity contribution is 5.87. The van der Waals surface area contributed by atoms with Crippen molar-refractivity contribution in [2.75, 3.05) is 0 Å². The van der Waals surface area contributed by atoms with E-state index >= 15 is 0 Å². The lowest BCUT2D eigenvalue weighted by atomic mass is 10.00. The minimum atomic E-state index is 0.379. The predicted octanol–water partition coefficient (Wildman–Crippen LogP) is 4.07. The Balaban J connectivity index is 2.27. The maximum Gasteiger partial charge on any atom is 0.120 e. The van der Waals surface area contributed by atoms with E-state index < -0.39 is 0 Å². The molecule has 0 heterocycles. The van der Waals surface area contributed by atoms with Crippen LogP contribution < -0.4 is 5.32 Å². The van der Waals surface area contributed by atoms with Crippen LogP contribution in [0.25, 0.3) is 10.8 Å². The fourth-order valence-electron chi connectivity index (χ4n) is 2.59. The predicted molar refractivity (Wildman–Crippen MR) is 81.4 cm³/mol. The van der Waals surface area contributed by atoms with Gasteiger partial charge in [0.25, 0.3) is 0 Å². The molecule has 0 aliphatic rings. The Morgan fingerprint density at radius 1 is 1.11 bits per heavy atom. The van der Waals surface area contributed by atoms with Gasteiger partial charge in [-0.05, 0) is 29.2 Å². The fraction of sp³-hybridized carbons (Fsp3) is 0.412. The van der Waals surface area contributed by atoms with Crippen molar-refractivity contribution in [1.82, 2.24) is 5.32 Å². The van der Waals surface area contributed by atoms with Gasteiger partial charge >= 0.3 is 0 Å². The van der Waals surface area contributed by atoms with Crippen LogP contribution in [0.5, 0.6) is 5.75 Å². The Kier molecular flexibility index (Phi) is 4.43. The summed E-state index contributed by atoms with van der Waals surface area (Å²) in [6.45, 7) is 7.36. The number of phenols is 1. The minimum absolute atomic E-state index is 0.379. The van der Waals surface area contributed by atoms with Gasteiger partial charge in [0.1, 0.15) is 5.75 Å². The van der Waals surface area contributed by atoms with E-state index in [1.165, 1.54) is 5.39 Å². The van der Waals surface area contributed by atoms with Gasteiger partial charge in [-0.15, -0.1) is 0 Å². The average Bonchev–Trinajstić information content (AvgIpc) is 2.41. The molecule has 102 valence electrons. The number of aromatic hydroxyl groups is 1. The topological polar surface area (TPSA) is 32.3 Å². The maximum atomic E-state index is 10.1. The number of nitrogens with one attached hydrogen (secondary N) is 1. The SMILES string of the molecule is CCC(NCc1c(O)ccc2ccccc12)C(C)C. The smallest absolute Gasteiger partial charge is 0.120 e. The van der Waals surface area contributed by atoms with Gasteiger partial charge in [0, 0.05) is 18.2 Å². The molecule has 0 amide bonds. The quantitative estimate of drug-likeness (QED) is 0.846. The van der Waals surface area contributed by atoms with Crippen molar-refractivity contribution in [3.63, 3.8) is 0 Å². The van der Waals surface area contributed by atoms with Crippen LogP contribution in [0.4, 0.5) is 0 Å². The number of fused-ring (bicyclic) bond motifs is 1. The van der Waals surface area contributed by atoms with Crippen molar-refractivity contribution in [3.8, 4) is 5.75 Å². The summed E-state index contributed by atoms with van der Waals surface area (Å²) in [4.78, 5) is 0.